The van der Waals surface area contributed by atoms with E-state index in [2.05, 4.69) is 52.9 Å². The van der Waals surface area contributed by atoms with Gasteiger partial charge in [0.05, 0.1) is 11.0 Å². The molecule has 0 amide bonds. The number of rotatable bonds is 0. The fourth-order valence-corrected chi connectivity index (χ4v) is 4.17. The zero-order valence-electron chi connectivity index (χ0n) is 10.1. The smallest absolute Gasteiger partial charge is 0.128 e. The third-order valence-electron chi connectivity index (χ3n) is 3.92. The molecule has 3 aromatic heterocycles. The van der Waals surface area contributed by atoms with Crippen LogP contribution in [0.25, 0.3) is 37.4 Å². The number of aromatic nitrogens is 1. The Balaban J connectivity index is 2.30. The molecule has 1 nitrogen and oxygen atoms in total. The van der Waals surface area contributed by atoms with Crippen LogP contribution in [-0.2, 0) is 0 Å². The fraction of sp³-hybridized carbons (Fsp3) is 0. The average Bonchev–Trinajstić information content (AvgIpc) is 3.04. The van der Waals surface area contributed by atoms with Gasteiger partial charge in [0.25, 0.3) is 0 Å². The van der Waals surface area contributed by atoms with Crippen LogP contribution in [0.4, 0.5) is 0 Å². The lowest BCUT2D eigenvalue weighted by atomic mass is 10.1. The topological polar surface area (TPSA) is 4.41 Å². The van der Waals surface area contributed by atoms with Crippen LogP contribution >= 0.6 is 11.3 Å². The van der Waals surface area contributed by atoms with Gasteiger partial charge in [-0.2, -0.15) is 0 Å². The maximum atomic E-state index is 5.99. The lowest BCUT2D eigenvalue weighted by Gasteiger charge is -1.92. The molecule has 3 heteroatoms. The summed E-state index contributed by atoms with van der Waals surface area (Å²) in [7, 11) is 5.99. The fourth-order valence-electron chi connectivity index (χ4n) is 3.21. The van der Waals surface area contributed by atoms with Gasteiger partial charge in [0.1, 0.15) is 12.7 Å². The van der Waals surface area contributed by atoms with Crippen LogP contribution in [0.15, 0.2) is 48.5 Å². The highest BCUT2D eigenvalue weighted by molar-refractivity contribution is 7.26. The Bertz CT molecular complexity index is 1070. The monoisotopic (exact) mass is 257 g/mol. The number of fused-ring (bicyclic) bond motifs is 6. The second-order valence-corrected chi connectivity index (χ2v) is 5.98. The molecule has 0 aliphatic heterocycles. The van der Waals surface area contributed by atoms with Gasteiger partial charge >= 0.3 is 0 Å². The zero-order chi connectivity index (χ0) is 12.6. The maximum absolute atomic E-state index is 5.99. The summed E-state index contributed by atoms with van der Waals surface area (Å²) in [4.78, 5) is 1.25. The average molecular weight is 257 g/mol. The van der Waals surface area contributed by atoms with Crippen LogP contribution in [0.1, 0.15) is 0 Å². The Morgan fingerprint density at radius 2 is 1.58 bits per heavy atom. The summed E-state index contributed by atoms with van der Waals surface area (Å²) in [5.74, 6) is 0. The van der Waals surface area contributed by atoms with Crippen LogP contribution in [0.2, 0.25) is 0 Å². The van der Waals surface area contributed by atoms with Gasteiger partial charge in [0.15, 0.2) is 0 Å². The van der Waals surface area contributed by atoms with Crippen LogP contribution in [-0.4, -0.2) is 12.2 Å². The number of hydrogen-bond acceptors (Lipinski definition) is 1. The summed E-state index contributed by atoms with van der Waals surface area (Å²) in [6, 6.07) is 17.2. The molecular formula is C16H8BNS. The molecular weight excluding hydrogens is 249 g/mol. The Morgan fingerprint density at radius 1 is 0.842 bits per heavy atom. The minimum atomic E-state index is 0.880. The highest BCUT2D eigenvalue weighted by atomic mass is 32.1. The van der Waals surface area contributed by atoms with Crippen molar-refractivity contribution < 1.29 is 0 Å². The molecule has 0 saturated carbocycles. The molecule has 0 atom stereocenters. The van der Waals surface area contributed by atoms with Gasteiger partial charge in [-0.25, -0.2) is 0 Å². The Kier molecular flexibility index (Phi) is 1.62. The summed E-state index contributed by atoms with van der Waals surface area (Å²) < 4.78 is 3.24. The predicted molar refractivity (Wildman–Crippen MR) is 84.4 cm³/mol. The van der Waals surface area contributed by atoms with Crippen LogP contribution in [0, 0.1) is 0 Å². The molecule has 0 bridgehead atoms. The van der Waals surface area contributed by atoms with E-state index < -0.39 is 0 Å². The first kappa shape index (κ1) is 9.87. The van der Waals surface area contributed by atoms with Crippen molar-refractivity contribution >= 4 is 61.4 Å². The molecule has 0 spiro atoms. The normalized spacial score (nSPS) is 12.4. The molecule has 0 fully saturated rings. The molecule has 2 aromatic carbocycles. The van der Waals surface area contributed by atoms with Gasteiger partial charge in [-0.05, 0) is 16.9 Å². The highest BCUT2D eigenvalue weighted by Crippen LogP contribution is 2.39. The van der Waals surface area contributed by atoms with Gasteiger partial charge < -0.3 is 0 Å². The quantitative estimate of drug-likeness (QED) is 0.373. The summed E-state index contributed by atoms with van der Waals surface area (Å²) >= 11 is 1.67. The first-order valence-corrected chi connectivity index (χ1v) is 7.08. The Morgan fingerprint density at radius 3 is 2.47 bits per heavy atom. The summed E-state index contributed by atoms with van der Waals surface area (Å²) in [6.07, 6.45) is 0. The van der Waals surface area contributed by atoms with Gasteiger partial charge in [0.2, 0.25) is 0 Å². The van der Waals surface area contributed by atoms with Gasteiger partial charge in [-0.15, -0.1) is 11.3 Å². The van der Waals surface area contributed by atoms with Crippen molar-refractivity contribution in [3.05, 3.63) is 48.5 Å². The van der Waals surface area contributed by atoms with Gasteiger partial charge in [-0.3, -0.25) is 4.40 Å². The minimum absolute atomic E-state index is 0.880. The highest BCUT2D eigenvalue weighted by Gasteiger charge is 2.17. The summed E-state index contributed by atoms with van der Waals surface area (Å²) in [6.45, 7) is 0. The van der Waals surface area contributed by atoms with Crippen molar-refractivity contribution in [2.75, 3.05) is 0 Å². The summed E-state index contributed by atoms with van der Waals surface area (Å²) in [5.41, 5.74) is 2.59. The van der Waals surface area contributed by atoms with E-state index in [1.54, 1.807) is 11.3 Å². The van der Waals surface area contributed by atoms with Crippen LogP contribution < -0.4 is 4.78 Å². The van der Waals surface area contributed by atoms with E-state index in [4.69, 9.17) is 7.85 Å². The minimum Gasteiger partial charge on any atom is -0.300 e. The molecule has 0 unspecified atom stereocenters. The maximum Gasteiger partial charge on any atom is 0.128 e. The zero-order valence-corrected chi connectivity index (χ0v) is 10.9. The molecule has 19 heavy (non-hydrogen) atoms. The standard InChI is InChI=1S/C16H8BNS/c17-14-8-12-11-6-3-5-10-9-4-1-2-7-13(9)18(15(10)11)16(12)19-14/h1-8H. The van der Waals surface area contributed by atoms with E-state index in [0.29, 0.717) is 0 Å². The Labute approximate surface area is 114 Å². The van der Waals surface area contributed by atoms with E-state index in [1.165, 1.54) is 37.4 Å². The first-order chi connectivity index (χ1) is 9.34. The Hall–Kier alpha value is -2.00. The number of benzene rings is 2. The second-order valence-electron chi connectivity index (χ2n) is 4.92. The van der Waals surface area contributed by atoms with Crippen molar-refractivity contribution in [1.29, 1.82) is 0 Å². The molecule has 5 rings (SSSR count). The van der Waals surface area contributed by atoms with Gasteiger partial charge in [-0.1, -0.05) is 36.4 Å². The SMILES string of the molecule is [B]c1cc2c3cccc4c5ccccc5n(c2s1)c43. The molecule has 0 aliphatic rings. The molecule has 3 heterocycles. The van der Waals surface area contributed by atoms with Gasteiger partial charge in [0, 0.05) is 21.5 Å². The third kappa shape index (κ3) is 1.04. The van der Waals surface area contributed by atoms with Crippen LogP contribution in [0.5, 0.6) is 0 Å². The number of para-hydroxylation sites is 2. The van der Waals surface area contributed by atoms with E-state index in [0.717, 1.165) is 4.78 Å². The first-order valence-electron chi connectivity index (χ1n) is 6.27. The van der Waals surface area contributed by atoms with Crippen molar-refractivity contribution in [1.82, 2.24) is 4.40 Å². The van der Waals surface area contributed by atoms with E-state index in [-0.39, 0.29) is 0 Å². The molecule has 5 aromatic rings. The molecule has 86 valence electrons. The second kappa shape index (κ2) is 3.12. The lowest BCUT2D eigenvalue weighted by molar-refractivity contribution is 1.40. The largest absolute Gasteiger partial charge is 0.300 e. The number of nitrogens with zero attached hydrogens (tertiary/aromatic N) is 1. The predicted octanol–water partition coefficient (Wildman–Crippen LogP) is 3.69. The van der Waals surface area contributed by atoms with Crippen molar-refractivity contribution in [2.24, 2.45) is 0 Å². The third-order valence-corrected chi connectivity index (χ3v) is 4.87. The lowest BCUT2D eigenvalue weighted by Crippen LogP contribution is -1.89. The van der Waals surface area contributed by atoms with E-state index >= 15 is 0 Å². The van der Waals surface area contributed by atoms with E-state index in [1.807, 2.05) is 0 Å². The van der Waals surface area contributed by atoms with E-state index in [9.17, 15) is 0 Å². The molecule has 2 radical (unpaired) electrons. The summed E-state index contributed by atoms with van der Waals surface area (Å²) in [5, 5.41) is 5.22. The molecule has 0 aliphatic carbocycles. The van der Waals surface area contributed by atoms with Crippen molar-refractivity contribution in [2.45, 2.75) is 0 Å². The van der Waals surface area contributed by atoms with Crippen molar-refractivity contribution in [3.8, 4) is 0 Å². The van der Waals surface area contributed by atoms with Crippen molar-refractivity contribution in [3.63, 3.8) is 0 Å². The number of thiophene rings is 1. The number of hydrogen-bond donors (Lipinski definition) is 0. The molecule has 0 saturated heterocycles. The molecule has 0 N–H and O–H groups in total. The van der Waals surface area contributed by atoms with Crippen LogP contribution in [0.3, 0.4) is 0 Å².